The standard InChI is InChI=1S/C24H34N4O3/c1-4-25-24(27-21-10-11-22(31-5-2)23(16-21)29-3)26-17-19-8-6-7-9-20(19)18-28-12-14-30-15-13-28/h6-11,16H,4-5,12-15,17-18H2,1-3H3,(H2,25,26,27). The molecule has 1 saturated heterocycles. The summed E-state index contributed by atoms with van der Waals surface area (Å²) in [6.45, 7) is 10.5. The van der Waals surface area contributed by atoms with Crippen molar-refractivity contribution in [3.63, 3.8) is 0 Å². The summed E-state index contributed by atoms with van der Waals surface area (Å²) >= 11 is 0. The number of hydrogen-bond acceptors (Lipinski definition) is 5. The Hall–Kier alpha value is -2.77. The van der Waals surface area contributed by atoms with Crippen molar-refractivity contribution in [2.45, 2.75) is 26.9 Å². The van der Waals surface area contributed by atoms with Gasteiger partial charge in [-0.2, -0.15) is 0 Å². The summed E-state index contributed by atoms with van der Waals surface area (Å²) in [4.78, 5) is 7.26. The van der Waals surface area contributed by atoms with Crippen molar-refractivity contribution >= 4 is 11.6 Å². The normalized spacial score (nSPS) is 14.9. The van der Waals surface area contributed by atoms with Gasteiger partial charge in [0.1, 0.15) is 0 Å². The van der Waals surface area contributed by atoms with Crippen LogP contribution in [0, 0.1) is 0 Å². The number of hydrogen-bond donors (Lipinski definition) is 2. The van der Waals surface area contributed by atoms with Crippen molar-refractivity contribution in [3.8, 4) is 11.5 Å². The summed E-state index contributed by atoms with van der Waals surface area (Å²) in [5, 5.41) is 6.69. The molecule has 2 aromatic carbocycles. The highest BCUT2D eigenvalue weighted by Crippen LogP contribution is 2.30. The van der Waals surface area contributed by atoms with Crippen molar-refractivity contribution in [1.29, 1.82) is 0 Å². The molecule has 0 saturated carbocycles. The fourth-order valence-corrected chi connectivity index (χ4v) is 3.49. The van der Waals surface area contributed by atoms with Gasteiger partial charge in [-0.05, 0) is 37.1 Å². The summed E-state index contributed by atoms with van der Waals surface area (Å²) in [5.74, 6) is 2.16. The molecule has 0 aliphatic carbocycles. The van der Waals surface area contributed by atoms with Crippen LogP contribution in [0.1, 0.15) is 25.0 Å². The fraction of sp³-hybridized carbons (Fsp3) is 0.458. The van der Waals surface area contributed by atoms with Crippen molar-refractivity contribution in [2.75, 3.05) is 51.9 Å². The molecule has 1 fully saturated rings. The first-order chi connectivity index (χ1) is 15.2. The van der Waals surface area contributed by atoms with E-state index in [1.165, 1.54) is 11.1 Å². The van der Waals surface area contributed by atoms with Crippen LogP contribution in [0.15, 0.2) is 47.5 Å². The summed E-state index contributed by atoms with van der Waals surface area (Å²) in [7, 11) is 1.65. The van der Waals surface area contributed by atoms with Gasteiger partial charge in [0.05, 0.1) is 33.5 Å². The SMILES string of the molecule is CCNC(=NCc1ccccc1CN1CCOCC1)Nc1ccc(OCC)c(OC)c1. The lowest BCUT2D eigenvalue weighted by Crippen LogP contribution is -2.35. The Balaban J connectivity index is 1.71. The van der Waals surface area contributed by atoms with Crippen LogP contribution < -0.4 is 20.1 Å². The van der Waals surface area contributed by atoms with Gasteiger partial charge in [0, 0.05) is 37.9 Å². The van der Waals surface area contributed by atoms with Crippen LogP contribution in [0.5, 0.6) is 11.5 Å². The van der Waals surface area contributed by atoms with E-state index in [0.29, 0.717) is 18.9 Å². The number of aliphatic imine (C=N–C) groups is 1. The van der Waals surface area contributed by atoms with Gasteiger partial charge in [-0.1, -0.05) is 24.3 Å². The summed E-state index contributed by atoms with van der Waals surface area (Å²) in [5.41, 5.74) is 3.43. The smallest absolute Gasteiger partial charge is 0.196 e. The molecule has 2 N–H and O–H groups in total. The van der Waals surface area contributed by atoms with Gasteiger partial charge in [0.25, 0.3) is 0 Å². The molecule has 0 bridgehead atoms. The number of nitrogens with one attached hydrogen (secondary N) is 2. The predicted molar refractivity (Wildman–Crippen MR) is 125 cm³/mol. The molecule has 168 valence electrons. The maximum atomic E-state index is 5.61. The minimum atomic E-state index is 0.594. The van der Waals surface area contributed by atoms with Crippen LogP contribution >= 0.6 is 0 Å². The number of anilines is 1. The zero-order chi connectivity index (χ0) is 21.9. The first-order valence-corrected chi connectivity index (χ1v) is 11.0. The third kappa shape index (κ3) is 6.87. The topological polar surface area (TPSA) is 67.4 Å². The van der Waals surface area contributed by atoms with Crippen LogP contribution in [0.25, 0.3) is 0 Å². The number of benzene rings is 2. The monoisotopic (exact) mass is 426 g/mol. The third-order valence-corrected chi connectivity index (χ3v) is 5.09. The minimum absolute atomic E-state index is 0.594. The van der Waals surface area contributed by atoms with Gasteiger partial charge in [-0.15, -0.1) is 0 Å². The molecule has 1 aliphatic heterocycles. The molecule has 0 aromatic heterocycles. The van der Waals surface area contributed by atoms with Crippen molar-refractivity contribution in [3.05, 3.63) is 53.6 Å². The molecule has 0 unspecified atom stereocenters. The second-order valence-corrected chi connectivity index (χ2v) is 7.28. The lowest BCUT2D eigenvalue weighted by atomic mass is 10.1. The number of rotatable bonds is 9. The first kappa shape index (κ1) is 22.9. The summed E-state index contributed by atoms with van der Waals surface area (Å²) < 4.78 is 16.5. The molecule has 2 aromatic rings. The molecule has 7 heteroatoms. The van der Waals surface area contributed by atoms with Crippen LogP contribution in [0.2, 0.25) is 0 Å². The van der Waals surface area contributed by atoms with Crippen LogP contribution in [-0.4, -0.2) is 57.4 Å². The molecule has 0 spiro atoms. The van der Waals surface area contributed by atoms with E-state index in [1.807, 2.05) is 25.1 Å². The molecule has 1 heterocycles. The first-order valence-electron chi connectivity index (χ1n) is 11.0. The van der Waals surface area contributed by atoms with Gasteiger partial charge < -0.3 is 24.8 Å². The highest BCUT2D eigenvalue weighted by atomic mass is 16.5. The van der Waals surface area contributed by atoms with E-state index in [4.69, 9.17) is 19.2 Å². The Morgan fingerprint density at radius 3 is 2.55 bits per heavy atom. The van der Waals surface area contributed by atoms with Crippen molar-refractivity contribution < 1.29 is 14.2 Å². The predicted octanol–water partition coefficient (Wildman–Crippen LogP) is 3.50. The molecule has 0 amide bonds. The van der Waals surface area contributed by atoms with Crippen LogP contribution in [0.4, 0.5) is 5.69 Å². The van der Waals surface area contributed by atoms with Gasteiger partial charge in [-0.3, -0.25) is 4.90 Å². The van der Waals surface area contributed by atoms with E-state index in [0.717, 1.165) is 56.8 Å². The largest absolute Gasteiger partial charge is 0.493 e. The molecular formula is C24H34N4O3. The maximum absolute atomic E-state index is 5.61. The van der Waals surface area contributed by atoms with E-state index in [2.05, 4.69) is 46.7 Å². The highest BCUT2D eigenvalue weighted by Gasteiger charge is 2.13. The molecule has 7 nitrogen and oxygen atoms in total. The zero-order valence-corrected chi connectivity index (χ0v) is 18.8. The van der Waals surface area contributed by atoms with E-state index < -0.39 is 0 Å². The van der Waals surface area contributed by atoms with Gasteiger partial charge in [-0.25, -0.2) is 4.99 Å². The summed E-state index contributed by atoms with van der Waals surface area (Å²) in [6, 6.07) is 14.3. The molecule has 0 radical (unpaired) electrons. The van der Waals surface area contributed by atoms with Crippen molar-refractivity contribution in [2.24, 2.45) is 4.99 Å². The van der Waals surface area contributed by atoms with Crippen molar-refractivity contribution in [1.82, 2.24) is 10.2 Å². The highest BCUT2D eigenvalue weighted by molar-refractivity contribution is 5.93. The van der Waals surface area contributed by atoms with Gasteiger partial charge in [0.15, 0.2) is 17.5 Å². The average Bonchev–Trinajstić information content (AvgIpc) is 2.80. The number of ether oxygens (including phenoxy) is 3. The minimum Gasteiger partial charge on any atom is -0.493 e. The van der Waals surface area contributed by atoms with Gasteiger partial charge in [0.2, 0.25) is 0 Å². The zero-order valence-electron chi connectivity index (χ0n) is 18.8. The summed E-state index contributed by atoms with van der Waals surface area (Å²) in [6.07, 6.45) is 0. The van der Waals surface area contributed by atoms with Crippen LogP contribution in [0.3, 0.4) is 0 Å². The third-order valence-electron chi connectivity index (χ3n) is 5.09. The van der Waals surface area contributed by atoms with Crippen LogP contribution in [-0.2, 0) is 17.8 Å². The Labute approximate surface area is 185 Å². The van der Waals surface area contributed by atoms with E-state index in [-0.39, 0.29) is 0 Å². The van der Waals surface area contributed by atoms with E-state index in [1.54, 1.807) is 7.11 Å². The lowest BCUT2D eigenvalue weighted by Gasteiger charge is -2.27. The average molecular weight is 427 g/mol. The lowest BCUT2D eigenvalue weighted by molar-refractivity contribution is 0.0341. The molecule has 3 rings (SSSR count). The molecular weight excluding hydrogens is 392 g/mol. The van der Waals surface area contributed by atoms with E-state index in [9.17, 15) is 0 Å². The molecule has 0 atom stereocenters. The Morgan fingerprint density at radius 1 is 1.06 bits per heavy atom. The second kappa shape index (κ2) is 12.2. The Morgan fingerprint density at radius 2 is 1.84 bits per heavy atom. The Kier molecular flexibility index (Phi) is 8.99. The molecule has 31 heavy (non-hydrogen) atoms. The second-order valence-electron chi connectivity index (χ2n) is 7.28. The number of nitrogens with zero attached hydrogens (tertiary/aromatic N) is 2. The van der Waals surface area contributed by atoms with E-state index >= 15 is 0 Å². The fourth-order valence-electron chi connectivity index (χ4n) is 3.49. The maximum Gasteiger partial charge on any atom is 0.196 e. The molecule has 1 aliphatic rings. The Bertz CT molecular complexity index is 850. The number of methoxy groups -OCH3 is 1. The van der Waals surface area contributed by atoms with Gasteiger partial charge >= 0.3 is 0 Å². The number of morpholine rings is 1. The quantitative estimate of drug-likeness (QED) is 0.473. The number of guanidine groups is 1.